The van der Waals surface area contributed by atoms with Gasteiger partial charge in [-0.2, -0.15) is 0 Å². The van der Waals surface area contributed by atoms with Gasteiger partial charge in [0.25, 0.3) is 0 Å². The number of H-pyrrole nitrogens is 1. The molecule has 18 heavy (non-hydrogen) atoms. The van der Waals surface area contributed by atoms with Crippen LogP contribution in [0.1, 0.15) is 38.4 Å². The molecule has 0 spiro atoms. The van der Waals surface area contributed by atoms with E-state index in [2.05, 4.69) is 20.2 Å². The number of aromatic nitrogens is 2. The molecule has 1 atom stereocenters. The van der Waals surface area contributed by atoms with Gasteiger partial charge in [-0.1, -0.05) is 12.8 Å². The van der Waals surface area contributed by atoms with E-state index in [1.54, 1.807) is 12.4 Å². The molecule has 0 unspecified atom stereocenters. The molecule has 1 aromatic rings. The van der Waals surface area contributed by atoms with E-state index in [1.165, 1.54) is 25.7 Å². The van der Waals surface area contributed by atoms with Crippen molar-refractivity contribution in [1.82, 2.24) is 20.2 Å². The Morgan fingerprint density at radius 1 is 1.44 bits per heavy atom. The van der Waals surface area contributed by atoms with Gasteiger partial charge in [-0.3, -0.25) is 9.69 Å². The van der Waals surface area contributed by atoms with Crippen LogP contribution in [0, 0.1) is 0 Å². The zero-order valence-electron chi connectivity index (χ0n) is 11.0. The number of carbonyl (C=O) groups is 1. The fraction of sp³-hybridized carbons (Fsp3) is 0.692. The van der Waals surface area contributed by atoms with Crippen molar-refractivity contribution in [3.63, 3.8) is 0 Å². The lowest BCUT2D eigenvalue weighted by molar-refractivity contribution is -0.126. The highest BCUT2D eigenvalue weighted by Crippen LogP contribution is 2.12. The monoisotopic (exact) mass is 250 g/mol. The summed E-state index contributed by atoms with van der Waals surface area (Å²) >= 11 is 0. The summed E-state index contributed by atoms with van der Waals surface area (Å²) in [6, 6.07) is -0.0435. The van der Waals surface area contributed by atoms with Gasteiger partial charge in [0, 0.05) is 12.4 Å². The van der Waals surface area contributed by atoms with Gasteiger partial charge in [0.05, 0.1) is 12.6 Å². The molecule has 1 amide bonds. The third-order valence-corrected chi connectivity index (χ3v) is 3.55. The first-order chi connectivity index (χ1) is 8.77. The average molecular weight is 250 g/mol. The van der Waals surface area contributed by atoms with E-state index in [9.17, 15) is 4.79 Å². The van der Waals surface area contributed by atoms with Gasteiger partial charge < -0.3 is 10.3 Å². The van der Waals surface area contributed by atoms with Gasteiger partial charge in [0.2, 0.25) is 5.91 Å². The van der Waals surface area contributed by atoms with E-state index in [4.69, 9.17) is 0 Å². The molecular weight excluding hydrogens is 228 g/mol. The lowest BCUT2D eigenvalue weighted by atomic mass is 10.2. The highest BCUT2D eigenvalue weighted by Gasteiger charge is 2.21. The predicted octanol–water partition coefficient (Wildman–Crippen LogP) is 1.29. The first kappa shape index (κ1) is 13.1. The largest absolute Gasteiger partial charge is 0.348 e. The fourth-order valence-electron chi connectivity index (χ4n) is 2.36. The second-order valence-electron chi connectivity index (χ2n) is 4.88. The molecule has 0 saturated carbocycles. The minimum atomic E-state index is -0.0435. The van der Waals surface area contributed by atoms with Crippen LogP contribution >= 0.6 is 0 Å². The van der Waals surface area contributed by atoms with Gasteiger partial charge in [0.15, 0.2) is 0 Å². The fourth-order valence-corrected chi connectivity index (χ4v) is 2.36. The quantitative estimate of drug-likeness (QED) is 0.846. The number of nitrogens with one attached hydrogen (secondary N) is 2. The van der Waals surface area contributed by atoms with Crippen molar-refractivity contribution < 1.29 is 4.79 Å². The number of nitrogens with zero attached hydrogens (tertiary/aromatic N) is 2. The van der Waals surface area contributed by atoms with Crippen molar-refractivity contribution in [2.45, 2.75) is 45.2 Å². The van der Waals surface area contributed by atoms with E-state index < -0.39 is 0 Å². The van der Waals surface area contributed by atoms with Crippen LogP contribution < -0.4 is 5.32 Å². The van der Waals surface area contributed by atoms with Crippen molar-refractivity contribution in [1.29, 1.82) is 0 Å². The zero-order valence-corrected chi connectivity index (χ0v) is 11.0. The molecule has 0 radical (unpaired) electrons. The lowest BCUT2D eigenvalue weighted by Crippen LogP contribution is -2.45. The van der Waals surface area contributed by atoms with Crippen LogP contribution in [0.2, 0.25) is 0 Å². The molecule has 1 aliphatic heterocycles. The normalized spacial score (nSPS) is 19.2. The van der Waals surface area contributed by atoms with Crippen LogP contribution in [0.15, 0.2) is 12.4 Å². The minimum absolute atomic E-state index is 0.0435. The van der Waals surface area contributed by atoms with Crippen LogP contribution in [0.5, 0.6) is 0 Å². The van der Waals surface area contributed by atoms with Crippen molar-refractivity contribution >= 4 is 5.91 Å². The molecule has 2 heterocycles. The Hall–Kier alpha value is -1.36. The van der Waals surface area contributed by atoms with Crippen LogP contribution in [-0.4, -0.2) is 39.9 Å². The summed E-state index contributed by atoms with van der Waals surface area (Å²) in [5.74, 6) is 0.889. The highest BCUT2D eigenvalue weighted by molar-refractivity contribution is 5.81. The molecule has 0 bridgehead atoms. The van der Waals surface area contributed by atoms with Crippen LogP contribution in [0.25, 0.3) is 0 Å². The summed E-state index contributed by atoms with van der Waals surface area (Å²) in [5, 5.41) is 2.93. The smallest absolute Gasteiger partial charge is 0.237 e. The third-order valence-electron chi connectivity index (χ3n) is 3.55. The van der Waals surface area contributed by atoms with E-state index in [-0.39, 0.29) is 11.9 Å². The summed E-state index contributed by atoms with van der Waals surface area (Å²) in [6.07, 6.45) is 8.44. The van der Waals surface area contributed by atoms with E-state index in [0.29, 0.717) is 6.54 Å². The topological polar surface area (TPSA) is 61.0 Å². The zero-order chi connectivity index (χ0) is 12.8. The maximum Gasteiger partial charge on any atom is 0.237 e. The standard InChI is InChI=1S/C13H22N4O/c1-11(17-8-4-2-3-5-9-17)13(18)16-10-12-14-6-7-15-12/h6-7,11H,2-5,8-10H2,1H3,(H,14,15)(H,16,18)/t11-/m0/s1. The Balaban J connectivity index is 1.79. The van der Waals surface area contributed by atoms with Gasteiger partial charge in [-0.25, -0.2) is 4.98 Å². The summed E-state index contributed by atoms with van der Waals surface area (Å²) < 4.78 is 0. The van der Waals surface area contributed by atoms with Crippen molar-refractivity contribution in [3.8, 4) is 0 Å². The van der Waals surface area contributed by atoms with E-state index >= 15 is 0 Å². The molecule has 1 fully saturated rings. The Kier molecular flexibility index (Phi) is 4.75. The SMILES string of the molecule is C[C@@H](C(=O)NCc1ncc[nH]1)N1CCCCCC1. The van der Waals surface area contributed by atoms with Gasteiger partial charge in [-0.05, 0) is 32.9 Å². The molecule has 5 heteroatoms. The molecule has 0 aromatic carbocycles. The summed E-state index contributed by atoms with van der Waals surface area (Å²) in [7, 11) is 0. The second kappa shape index (κ2) is 6.54. The van der Waals surface area contributed by atoms with E-state index in [1.807, 2.05) is 6.92 Å². The van der Waals surface area contributed by atoms with E-state index in [0.717, 1.165) is 18.9 Å². The average Bonchev–Trinajstić information content (AvgIpc) is 2.75. The molecule has 100 valence electrons. The molecule has 1 saturated heterocycles. The van der Waals surface area contributed by atoms with Gasteiger partial charge in [-0.15, -0.1) is 0 Å². The van der Waals surface area contributed by atoms with Gasteiger partial charge >= 0.3 is 0 Å². The number of amides is 1. The second-order valence-corrected chi connectivity index (χ2v) is 4.88. The van der Waals surface area contributed by atoms with Crippen LogP contribution in [0.4, 0.5) is 0 Å². The Labute approximate surface area is 108 Å². The molecule has 2 rings (SSSR count). The Morgan fingerprint density at radius 2 is 2.17 bits per heavy atom. The number of carbonyl (C=O) groups excluding carboxylic acids is 1. The molecule has 5 nitrogen and oxygen atoms in total. The number of rotatable bonds is 4. The van der Waals surface area contributed by atoms with Crippen molar-refractivity contribution in [2.24, 2.45) is 0 Å². The van der Waals surface area contributed by atoms with Gasteiger partial charge in [0.1, 0.15) is 5.82 Å². The molecule has 0 aliphatic carbocycles. The minimum Gasteiger partial charge on any atom is -0.348 e. The first-order valence-electron chi connectivity index (χ1n) is 6.77. The Bertz CT molecular complexity index is 355. The first-order valence-corrected chi connectivity index (χ1v) is 6.77. The summed E-state index contributed by atoms with van der Waals surface area (Å²) in [5.41, 5.74) is 0. The maximum atomic E-state index is 12.1. The Morgan fingerprint density at radius 3 is 2.78 bits per heavy atom. The number of hydrogen-bond acceptors (Lipinski definition) is 3. The van der Waals surface area contributed by atoms with Crippen LogP contribution in [0.3, 0.4) is 0 Å². The number of aromatic amines is 1. The molecular formula is C13H22N4O. The van der Waals surface area contributed by atoms with Crippen LogP contribution in [-0.2, 0) is 11.3 Å². The molecule has 1 aromatic heterocycles. The molecule has 2 N–H and O–H groups in total. The lowest BCUT2D eigenvalue weighted by Gasteiger charge is -2.26. The maximum absolute atomic E-state index is 12.1. The predicted molar refractivity (Wildman–Crippen MR) is 69.9 cm³/mol. The van der Waals surface area contributed by atoms with Crippen molar-refractivity contribution in [2.75, 3.05) is 13.1 Å². The number of hydrogen-bond donors (Lipinski definition) is 2. The van der Waals surface area contributed by atoms with Crippen molar-refractivity contribution in [3.05, 3.63) is 18.2 Å². The number of imidazole rings is 1. The highest BCUT2D eigenvalue weighted by atomic mass is 16.2. The summed E-state index contributed by atoms with van der Waals surface area (Å²) in [6.45, 7) is 4.54. The molecule has 1 aliphatic rings. The summed E-state index contributed by atoms with van der Waals surface area (Å²) in [4.78, 5) is 21.4. The number of likely N-dealkylation sites (tertiary alicyclic amines) is 1. The third kappa shape index (κ3) is 3.57.